The Morgan fingerprint density at radius 1 is 1.27 bits per heavy atom. The Morgan fingerprint density at radius 2 is 2.00 bits per heavy atom. The van der Waals surface area contributed by atoms with Crippen molar-refractivity contribution in [2.75, 3.05) is 21.3 Å². The van der Waals surface area contributed by atoms with E-state index in [-0.39, 0.29) is 17.4 Å². The fourth-order valence-corrected chi connectivity index (χ4v) is 4.00. The van der Waals surface area contributed by atoms with Gasteiger partial charge in [-0.05, 0) is 37.0 Å². The minimum Gasteiger partial charge on any atom is -0.493 e. The van der Waals surface area contributed by atoms with Gasteiger partial charge in [-0.25, -0.2) is 0 Å². The molecule has 118 valence electrons. The first-order valence-electron chi connectivity index (χ1n) is 7.66. The Morgan fingerprint density at radius 3 is 2.68 bits per heavy atom. The molecule has 1 saturated heterocycles. The van der Waals surface area contributed by atoms with Crippen molar-refractivity contribution in [3.05, 3.63) is 35.9 Å². The lowest BCUT2D eigenvalue weighted by atomic mass is 9.65. The van der Waals surface area contributed by atoms with Gasteiger partial charge in [0.1, 0.15) is 0 Å². The van der Waals surface area contributed by atoms with Gasteiger partial charge < -0.3 is 14.4 Å². The number of methoxy groups -OCH3 is 2. The van der Waals surface area contributed by atoms with Gasteiger partial charge in [0.25, 0.3) is 0 Å². The first-order valence-corrected chi connectivity index (χ1v) is 7.66. The molecular formula is C18H23NO3. The Bertz CT molecular complexity index is 625. The predicted molar refractivity (Wildman–Crippen MR) is 85.4 cm³/mol. The summed E-state index contributed by atoms with van der Waals surface area (Å²) < 4.78 is 10.8. The van der Waals surface area contributed by atoms with Crippen LogP contribution in [0.1, 0.15) is 31.2 Å². The molecule has 4 nitrogen and oxygen atoms in total. The first-order chi connectivity index (χ1) is 10.5. The summed E-state index contributed by atoms with van der Waals surface area (Å²) in [5.41, 5.74) is 2.27. The molecule has 2 aliphatic rings. The van der Waals surface area contributed by atoms with Crippen LogP contribution >= 0.6 is 0 Å². The Labute approximate surface area is 131 Å². The molecule has 3 rings (SSSR count). The molecule has 2 atom stereocenters. The highest BCUT2D eigenvalue weighted by Gasteiger charge is 2.52. The molecule has 1 aliphatic heterocycles. The number of likely N-dealkylation sites (tertiary alicyclic amines) is 1. The van der Waals surface area contributed by atoms with Gasteiger partial charge in [0.15, 0.2) is 11.5 Å². The molecule has 0 radical (unpaired) electrons. The molecule has 4 heteroatoms. The highest BCUT2D eigenvalue weighted by molar-refractivity contribution is 5.82. The van der Waals surface area contributed by atoms with Crippen molar-refractivity contribution in [2.45, 2.75) is 37.1 Å². The van der Waals surface area contributed by atoms with Gasteiger partial charge in [-0.2, -0.15) is 0 Å². The van der Waals surface area contributed by atoms with Crippen LogP contribution in [0, 0.1) is 0 Å². The second-order valence-electron chi connectivity index (χ2n) is 6.38. The maximum Gasteiger partial charge on any atom is 0.223 e. The molecule has 1 aromatic carbocycles. The van der Waals surface area contributed by atoms with Crippen LogP contribution in [0.3, 0.4) is 0 Å². The number of carbonyl (C=O) groups excluding carboxylic acids is 1. The van der Waals surface area contributed by atoms with E-state index in [2.05, 4.69) is 12.6 Å². The normalized spacial score (nSPS) is 27.8. The third kappa shape index (κ3) is 2.09. The van der Waals surface area contributed by atoms with Gasteiger partial charge >= 0.3 is 0 Å². The molecule has 1 heterocycles. The summed E-state index contributed by atoms with van der Waals surface area (Å²) in [7, 11) is 5.19. The van der Waals surface area contributed by atoms with Gasteiger partial charge in [-0.15, -0.1) is 0 Å². The minimum absolute atomic E-state index is 0.132. The van der Waals surface area contributed by atoms with E-state index in [0.717, 1.165) is 30.8 Å². The number of hydrogen-bond acceptors (Lipinski definition) is 3. The minimum atomic E-state index is -0.132. The van der Waals surface area contributed by atoms with Gasteiger partial charge in [0, 0.05) is 24.9 Å². The van der Waals surface area contributed by atoms with Crippen molar-refractivity contribution >= 4 is 5.91 Å². The summed E-state index contributed by atoms with van der Waals surface area (Å²) in [6.07, 6.45) is 3.39. The maximum absolute atomic E-state index is 12.3. The van der Waals surface area contributed by atoms with Gasteiger partial charge in [0.2, 0.25) is 5.91 Å². The number of amides is 1. The molecule has 0 aromatic heterocycles. The average Bonchev–Trinajstić information content (AvgIpc) is 2.79. The fourth-order valence-electron chi connectivity index (χ4n) is 4.00. The van der Waals surface area contributed by atoms with E-state index in [0.29, 0.717) is 6.42 Å². The molecule has 1 aliphatic carbocycles. The Balaban J connectivity index is 2.08. The summed E-state index contributed by atoms with van der Waals surface area (Å²) in [5, 5.41) is 0. The van der Waals surface area contributed by atoms with Crippen molar-refractivity contribution < 1.29 is 14.3 Å². The molecular weight excluding hydrogens is 278 g/mol. The number of carbonyl (C=O) groups is 1. The van der Waals surface area contributed by atoms with Crippen LogP contribution < -0.4 is 9.47 Å². The lowest BCUT2D eigenvalue weighted by Crippen LogP contribution is -2.44. The van der Waals surface area contributed by atoms with Crippen LogP contribution in [0.2, 0.25) is 0 Å². The molecule has 2 fully saturated rings. The summed E-state index contributed by atoms with van der Waals surface area (Å²) in [6, 6.07) is 6.24. The van der Waals surface area contributed by atoms with E-state index in [1.54, 1.807) is 14.2 Å². The second kappa shape index (κ2) is 5.34. The monoisotopic (exact) mass is 301 g/mol. The number of nitrogens with zero attached hydrogens (tertiary/aromatic N) is 1. The highest BCUT2D eigenvalue weighted by Crippen LogP contribution is 2.51. The summed E-state index contributed by atoms with van der Waals surface area (Å²) in [4.78, 5) is 14.2. The smallest absolute Gasteiger partial charge is 0.223 e. The van der Waals surface area contributed by atoms with Gasteiger partial charge in [0.05, 0.1) is 14.2 Å². The highest BCUT2D eigenvalue weighted by atomic mass is 16.5. The topological polar surface area (TPSA) is 38.8 Å². The zero-order valence-electron chi connectivity index (χ0n) is 13.5. The number of benzene rings is 1. The number of ether oxygens (including phenoxy) is 2. The lowest BCUT2D eigenvalue weighted by molar-refractivity contribution is -0.127. The van der Waals surface area contributed by atoms with Crippen LogP contribution in [-0.2, 0) is 10.2 Å². The van der Waals surface area contributed by atoms with Crippen molar-refractivity contribution in [1.29, 1.82) is 0 Å². The summed E-state index contributed by atoms with van der Waals surface area (Å²) in [5.74, 6) is 1.66. The van der Waals surface area contributed by atoms with Gasteiger partial charge in [-0.1, -0.05) is 18.2 Å². The summed E-state index contributed by atoms with van der Waals surface area (Å²) in [6.45, 7) is 4.14. The SMILES string of the molecule is C=C1CC[C@]2(c3ccc(OC)c(OC)c3)CC(=O)N(C)[C@@H]2C1. The number of likely N-dealkylation sites (N-methyl/N-ethyl adjacent to an activating group) is 1. The number of hydrogen-bond donors (Lipinski definition) is 0. The predicted octanol–water partition coefficient (Wildman–Crippen LogP) is 2.91. The van der Waals surface area contributed by atoms with Crippen molar-refractivity contribution in [3.63, 3.8) is 0 Å². The van der Waals surface area contributed by atoms with Gasteiger partial charge in [-0.3, -0.25) is 4.79 Å². The van der Waals surface area contributed by atoms with E-state index in [1.807, 2.05) is 24.1 Å². The quantitative estimate of drug-likeness (QED) is 0.806. The van der Waals surface area contributed by atoms with Crippen LogP contribution in [0.25, 0.3) is 0 Å². The van der Waals surface area contributed by atoms with E-state index in [9.17, 15) is 4.79 Å². The third-order valence-electron chi connectivity index (χ3n) is 5.33. The zero-order valence-corrected chi connectivity index (χ0v) is 13.5. The fraction of sp³-hybridized carbons (Fsp3) is 0.500. The van der Waals surface area contributed by atoms with Crippen molar-refractivity contribution in [1.82, 2.24) is 4.90 Å². The number of rotatable bonds is 3. The standard InChI is InChI=1S/C18H23NO3/c1-12-7-8-18(11-17(20)19(2)16(18)9-12)13-5-6-14(21-3)15(10-13)22-4/h5-6,10,16H,1,7-9,11H2,2-4H3/t16-,18-/m1/s1. The molecule has 22 heavy (non-hydrogen) atoms. The van der Waals surface area contributed by atoms with Crippen LogP contribution in [-0.4, -0.2) is 38.1 Å². The second-order valence-corrected chi connectivity index (χ2v) is 6.38. The Hall–Kier alpha value is -1.97. The lowest BCUT2D eigenvalue weighted by Gasteiger charge is -2.42. The van der Waals surface area contributed by atoms with Crippen LogP contribution in [0.4, 0.5) is 0 Å². The van der Waals surface area contributed by atoms with E-state index in [1.165, 1.54) is 11.1 Å². The largest absolute Gasteiger partial charge is 0.493 e. The van der Waals surface area contributed by atoms with E-state index in [4.69, 9.17) is 9.47 Å². The van der Waals surface area contributed by atoms with Crippen LogP contribution in [0.5, 0.6) is 11.5 Å². The zero-order chi connectivity index (χ0) is 15.9. The van der Waals surface area contributed by atoms with E-state index < -0.39 is 0 Å². The molecule has 0 N–H and O–H groups in total. The third-order valence-corrected chi connectivity index (χ3v) is 5.33. The molecule has 1 aromatic rings. The average molecular weight is 301 g/mol. The van der Waals surface area contributed by atoms with Crippen molar-refractivity contribution in [3.8, 4) is 11.5 Å². The van der Waals surface area contributed by atoms with Crippen molar-refractivity contribution in [2.24, 2.45) is 0 Å². The molecule has 0 spiro atoms. The molecule has 1 saturated carbocycles. The molecule has 1 amide bonds. The van der Waals surface area contributed by atoms with E-state index >= 15 is 0 Å². The van der Waals surface area contributed by atoms with Crippen LogP contribution in [0.15, 0.2) is 30.4 Å². The number of fused-ring (bicyclic) bond motifs is 1. The summed E-state index contributed by atoms with van der Waals surface area (Å²) >= 11 is 0. The molecule has 0 unspecified atom stereocenters. The maximum atomic E-state index is 12.3. The Kier molecular flexibility index (Phi) is 3.63. The first kappa shape index (κ1) is 14.9. The molecule has 0 bridgehead atoms.